The number of rotatable bonds is 31. The van der Waals surface area contributed by atoms with Crippen LogP contribution in [-0.2, 0) is 9.59 Å². The van der Waals surface area contributed by atoms with Crippen LogP contribution in [0, 0.1) is 0 Å². The molecule has 326 valence electrons. The van der Waals surface area contributed by atoms with Gasteiger partial charge in [0, 0.05) is 12.8 Å². The summed E-state index contributed by atoms with van der Waals surface area (Å²) in [5, 5.41) is 50.0. The van der Waals surface area contributed by atoms with Gasteiger partial charge in [-0.1, -0.05) is 133 Å². The summed E-state index contributed by atoms with van der Waals surface area (Å²) in [4.78, 5) is 41.4. The number of hydrogen-bond donors (Lipinski definition) is 6. The monoisotopic (exact) mass is 803 g/mol. The first-order valence-corrected chi connectivity index (χ1v) is 21.3. The fourth-order valence-corrected chi connectivity index (χ4v) is 4.96. The van der Waals surface area contributed by atoms with Gasteiger partial charge < -0.3 is 30.6 Å². The lowest BCUT2D eigenvalue weighted by molar-refractivity contribution is -0.138. The number of aromatic carboxylic acids is 2. The Kier molecular flexibility index (Phi) is 46.6. The number of benzene rings is 1. The highest BCUT2D eigenvalue weighted by Crippen LogP contribution is 2.10. The number of aliphatic hydroxyl groups is 2. The van der Waals surface area contributed by atoms with Gasteiger partial charge >= 0.3 is 23.9 Å². The molecule has 0 aliphatic rings. The SMILES string of the molecule is CC(O)CO.CCCCC/C=C\C/C=C\CCCCCCCC(=O)O.CCCCC/C=C\C/C=C\CCCCCCCC(=O)O.O=C(O)c1cccc(C(=O)O)c1. The molecule has 0 aromatic heterocycles. The molecule has 0 radical (unpaired) electrons. The van der Waals surface area contributed by atoms with Gasteiger partial charge in [0.15, 0.2) is 0 Å². The van der Waals surface area contributed by atoms with Crippen molar-refractivity contribution in [2.45, 2.75) is 181 Å². The first-order valence-electron chi connectivity index (χ1n) is 21.3. The first-order chi connectivity index (χ1) is 27.4. The second kappa shape index (κ2) is 46.4. The molecule has 10 heteroatoms. The van der Waals surface area contributed by atoms with E-state index < -0.39 is 30.0 Å². The molecule has 57 heavy (non-hydrogen) atoms. The number of allylic oxidation sites excluding steroid dienone is 8. The fourth-order valence-electron chi connectivity index (χ4n) is 4.96. The quantitative estimate of drug-likeness (QED) is 0.0311. The van der Waals surface area contributed by atoms with Gasteiger partial charge in [0.05, 0.1) is 23.8 Å². The Morgan fingerprint density at radius 1 is 0.509 bits per heavy atom. The molecule has 0 aliphatic heterocycles. The average molecular weight is 803 g/mol. The maximum Gasteiger partial charge on any atom is 0.335 e. The minimum atomic E-state index is -1.13. The second-order valence-electron chi connectivity index (χ2n) is 14.0. The normalized spacial score (nSPS) is 11.5. The molecule has 0 aliphatic carbocycles. The van der Waals surface area contributed by atoms with E-state index >= 15 is 0 Å². The summed E-state index contributed by atoms with van der Waals surface area (Å²) in [6.07, 6.45) is 44.0. The van der Waals surface area contributed by atoms with Crippen molar-refractivity contribution >= 4 is 23.9 Å². The molecular weight excluding hydrogens is 725 g/mol. The molecule has 0 bridgehead atoms. The van der Waals surface area contributed by atoms with Crippen LogP contribution in [0.3, 0.4) is 0 Å². The number of carbonyl (C=O) groups is 4. The zero-order chi connectivity index (χ0) is 43.2. The third-order valence-electron chi connectivity index (χ3n) is 8.30. The summed E-state index contributed by atoms with van der Waals surface area (Å²) in [6, 6.07) is 5.20. The Balaban J connectivity index is -0.000000740. The van der Waals surface area contributed by atoms with E-state index in [1.807, 2.05) is 0 Å². The van der Waals surface area contributed by atoms with E-state index in [2.05, 4.69) is 62.5 Å². The number of hydrogen-bond acceptors (Lipinski definition) is 6. The van der Waals surface area contributed by atoms with Crippen LogP contribution in [0.1, 0.15) is 196 Å². The smallest absolute Gasteiger partial charge is 0.335 e. The van der Waals surface area contributed by atoms with E-state index in [9.17, 15) is 19.2 Å². The van der Waals surface area contributed by atoms with Crippen molar-refractivity contribution in [3.05, 3.63) is 84.0 Å². The van der Waals surface area contributed by atoms with Crippen LogP contribution in [0.15, 0.2) is 72.9 Å². The highest BCUT2D eigenvalue weighted by atomic mass is 16.4. The number of carboxylic acids is 4. The highest BCUT2D eigenvalue weighted by Gasteiger charge is 2.06. The number of carboxylic acid groups (broad SMARTS) is 4. The Hall–Kier alpha value is -4.02. The lowest BCUT2D eigenvalue weighted by Gasteiger charge is -1.98. The van der Waals surface area contributed by atoms with Crippen molar-refractivity contribution in [1.29, 1.82) is 0 Å². The molecule has 0 saturated heterocycles. The minimum absolute atomic E-state index is 0.0186. The van der Waals surface area contributed by atoms with Gasteiger partial charge in [0.1, 0.15) is 0 Å². The first kappa shape index (κ1) is 57.3. The molecular formula is C47H78O10. The standard InChI is InChI=1S/2C18H32O2.C8H6O4.C3H8O2/c2*1-2-3-4-5-6-7-8-9-10-11-12-13-14-15-16-17-18(19)20;9-7(10)5-2-1-3-6(4-5)8(11)12;1-3(5)2-4/h2*6-7,9-10H,2-5,8,11-17H2,1H3,(H,19,20);1-4H,(H,9,10)(H,11,12);3-5H,2H2,1H3/b2*7-6-,10-9-;;. The van der Waals surface area contributed by atoms with Crippen LogP contribution in [0.4, 0.5) is 0 Å². The predicted molar refractivity (Wildman–Crippen MR) is 233 cm³/mol. The van der Waals surface area contributed by atoms with E-state index in [1.165, 1.54) is 115 Å². The predicted octanol–water partition coefficient (Wildman–Crippen LogP) is 12.2. The van der Waals surface area contributed by atoms with Crippen LogP contribution in [0.2, 0.25) is 0 Å². The summed E-state index contributed by atoms with van der Waals surface area (Å²) in [5.74, 6) is -3.59. The van der Waals surface area contributed by atoms with Gasteiger partial charge in [-0.2, -0.15) is 0 Å². The van der Waals surface area contributed by atoms with Crippen LogP contribution in [-0.4, -0.2) is 67.2 Å². The lowest BCUT2D eigenvalue weighted by atomic mass is 10.1. The molecule has 0 amide bonds. The summed E-state index contributed by atoms with van der Waals surface area (Å²) < 4.78 is 0. The molecule has 1 aromatic rings. The van der Waals surface area contributed by atoms with E-state index in [0.29, 0.717) is 12.8 Å². The van der Waals surface area contributed by atoms with Gasteiger partial charge in [-0.3, -0.25) is 9.59 Å². The Labute approximate surface area is 344 Å². The zero-order valence-corrected chi connectivity index (χ0v) is 35.5. The Morgan fingerprint density at radius 2 is 0.807 bits per heavy atom. The van der Waals surface area contributed by atoms with Crippen molar-refractivity contribution in [3.63, 3.8) is 0 Å². The molecule has 1 unspecified atom stereocenters. The summed E-state index contributed by atoms with van der Waals surface area (Å²) in [5.41, 5.74) is -0.0372. The topological polar surface area (TPSA) is 190 Å². The van der Waals surface area contributed by atoms with Crippen molar-refractivity contribution in [2.75, 3.05) is 6.61 Å². The van der Waals surface area contributed by atoms with Gasteiger partial charge in [-0.25, -0.2) is 9.59 Å². The summed E-state index contributed by atoms with van der Waals surface area (Å²) in [7, 11) is 0. The lowest BCUT2D eigenvalue weighted by Crippen LogP contribution is -2.03. The maximum absolute atomic E-state index is 10.4. The minimum Gasteiger partial charge on any atom is -0.481 e. The van der Waals surface area contributed by atoms with E-state index in [-0.39, 0.29) is 17.7 Å². The second-order valence-corrected chi connectivity index (χ2v) is 14.0. The average Bonchev–Trinajstić information content (AvgIpc) is 3.18. The molecule has 1 atom stereocenters. The summed E-state index contributed by atoms with van der Waals surface area (Å²) in [6.45, 7) is 5.86. The number of aliphatic carboxylic acids is 2. The van der Waals surface area contributed by atoms with Crippen LogP contribution in [0.5, 0.6) is 0 Å². The van der Waals surface area contributed by atoms with Gasteiger partial charge in [0.2, 0.25) is 0 Å². The van der Waals surface area contributed by atoms with Crippen molar-refractivity contribution in [3.8, 4) is 0 Å². The molecule has 1 rings (SSSR count). The van der Waals surface area contributed by atoms with Crippen LogP contribution in [0.25, 0.3) is 0 Å². The largest absolute Gasteiger partial charge is 0.481 e. The van der Waals surface area contributed by atoms with Gasteiger partial charge in [0.25, 0.3) is 0 Å². The van der Waals surface area contributed by atoms with E-state index in [1.54, 1.807) is 0 Å². The highest BCUT2D eigenvalue weighted by molar-refractivity contribution is 5.93. The molecule has 0 saturated carbocycles. The molecule has 10 nitrogen and oxygen atoms in total. The Bertz CT molecular complexity index is 1130. The van der Waals surface area contributed by atoms with Crippen LogP contribution >= 0.6 is 0 Å². The number of aliphatic hydroxyl groups excluding tert-OH is 2. The Morgan fingerprint density at radius 3 is 1.09 bits per heavy atom. The maximum atomic E-state index is 10.4. The van der Waals surface area contributed by atoms with Gasteiger partial charge in [-0.15, -0.1) is 0 Å². The van der Waals surface area contributed by atoms with E-state index in [4.69, 9.17) is 30.6 Å². The van der Waals surface area contributed by atoms with Crippen molar-refractivity contribution in [1.82, 2.24) is 0 Å². The summed E-state index contributed by atoms with van der Waals surface area (Å²) >= 11 is 0. The zero-order valence-electron chi connectivity index (χ0n) is 35.5. The third-order valence-corrected chi connectivity index (χ3v) is 8.30. The molecule has 0 spiro atoms. The van der Waals surface area contributed by atoms with Gasteiger partial charge in [-0.05, 0) is 102 Å². The molecule has 6 N–H and O–H groups in total. The molecule has 0 fully saturated rings. The number of unbranched alkanes of at least 4 members (excludes halogenated alkanes) is 16. The molecule has 1 aromatic carbocycles. The van der Waals surface area contributed by atoms with Crippen molar-refractivity contribution < 1.29 is 49.8 Å². The van der Waals surface area contributed by atoms with Crippen LogP contribution < -0.4 is 0 Å². The molecule has 0 heterocycles. The fraction of sp³-hybridized carbons (Fsp3) is 0.617. The van der Waals surface area contributed by atoms with E-state index in [0.717, 1.165) is 57.4 Å². The third kappa shape index (κ3) is 52.0. The van der Waals surface area contributed by atoms with Crippen molar-refractivity contribution in [2.24, 2.45) is 0 Å².